The Bertz CT molecular complexity index is 1380. The average Bonchev–Trinajstić information content (AvgIpc) is 3.47. The molecule has 2 aromatic heterocycles. The molecule has 0 radical (unpaired) electrons. The van der Waals surface area contributed by atoms with Crippen molar-refractivity contribution >= 4 is 22.8 Å². The van der Waals surface area contributed by atoms with E-state index in [0.29, 0.717) is 35.3 Å². The molecule has 0 aliphatic carbocycles. The fourth-order valence-corrected chi connectivity index (χ4v) is 3.91. The highest BCUT2D eigenvalue weighted by molar-refractivity contribution is 5.97. The van der Waals surface area contributed by atoms with E-state index < -0.39 is 17.6 Å². The molecule has 174 valence electrons. The number of H-pyrrole nitrogens is 2. The number of nitrogens with zero attached hydrogens (tertiary/aromatic N) is 4. The van der Waals surface area contributed by atoms with Crippen molar-refractivity contribution in [3.05, 3.63) is 76.1 Å². The first-order chi connectivity index (χ1) is 16.3. The molecule has 0 fully saturated rings. The third kappa shape index (κ3) is 4.09. The highest BCUT2D eigenvalue weighted by Crippen LogP contribution is 2.29. The Balaban J connectivity index is 1.24. The van der Waals surface area contributed by atoms with E-state index in [4.69, 9.17) is 0 Å². The quantitative estimate of drug-likeness (QED) is 0.425. The van der Waals surface area contributed by atoms with Gasteiger partial charge in [-0.15, -0.1) is 5.10 Å². The van der Waals surface area contributed by atoms with Crippen LogP contribution in [0.1, 0.15) is 43.2 Å². The van der Waals surface area contributed by atoms with Gasteiger partial charge in [0, 0.05) is 24.2 Å². The number of benzene rings is 2. The highest BCUT2D eigenvalue weighted by Gasteiger charge is 2.30. The van der Waals surface area contributed by atoms with Crippen LogP contribution in [0.3, 0.4) is 0 Å². The van der Waals surface area contributed by atoms with Crippen LogP contribution in [0.25, 0.3) is 11.0 Å². The van der Waals surface area contributed by atoms with Gasteiger partial charge < -0.3 is 10.2 Å². The maximum Gasteiger partial charge on any atom is 0.416 e. The van der Waals surface area contributed by atoms with Crippen LogP contribution in [0, 0.1) is 0 Å². The minimum absolute atomic E-state index is 0.0693. The Kier molecular flexibility index (Phi) is 5.27. The van der Waals surface area contributed by atoms with Crippen LogP contribution < -0.4 is 5.32 Å². The summed E-state index contributed by atoms with van der Waals surface area (Å²) < 4.78 is 38.1. The summed E-state index contributed by atoms with van der Waals surface area (Å²) in [6.07, 6.45) is -3.97. The summed E-state index contributed by atoms with van der Waals surface area (Å²) in [6, 6.07) is 9.71. The van der Waals surface area contributed by atoms with Gasteiger partial charge >= 0.3 is 6.18 Å². The van der Waals surface area contributed by atoms with E-state index in [1.807, 2.05) is 0 Å². The molecule has 0 atom stereocenters. The van der Waals surface area contributed by atoms with Crippen molar-refractivity contribution in [2.75, 3.05) is 6.54 Å². The Hall–Kier alpha value is -4.22. The maximum atomic E-state index is 12.9. The van der Waals surface area contributed by atoms with E-state index in [1.165, 1.54) is 12.1 Å². The zero-order valence-electron chi connectivity index (χ0n) is 17.6. The third-order valence-electron chi connectivity index (χ3n) is 5.75. The number of hydrogen-bond donors (Lipinski definition) is 3. The number of aromatic amines is 2. The van der Waals surface area contributed by atoms with Crippen molar-refractivity contribution in [1.29, 1.82) is 0 Å². The van der Waals surface area contributed by atoms with Gasteiger partial charge in [-0.25, -0.2) is 0 Å². The second-order valence-corrected chi connectivity index (χ2v) is 7.92. The Morgan fingerprint density at radius 1 is 1.09 bits per heavy atom. The number of amides is 2. The zero-order chi connectivity index (χ0) is 23.9. The van der Waals surface area contributed by atoms with Gasteiger partial charge in [0.25, 0.3) is 11.8 Å². The predicted octanol–water partition coefficient (Wildman–Crippen LogP) is 2.83. The molecule has 0 saturated heterocycles. The van der Waals surface area contributed by atoms with Gasteiger partial charge in [0.1, 0.15) is 11.2 Å². The van der Waals surface area contributed by atoms with E-state index in [9.17, 15) is 22.8 Å². The number of carbonyl (C=O) groups is 2. The van der Waals surface area contributed by atoms with Crippen molar-refractivity contribution < 1.29 is 22.8 Å². The van der Waals surface area contributed by atoms with Crippen LogP contribution in [0.2, 0.25) is 0 Å². The first kappa shape index (κ1) is 21.6. The predicted molar refractivity (Wildman–Crippen MR) is 114 cm³/mol. The molecule has 0 spiro atoms. The molecule has 0 unspecified atom stereocenters. The molecule has 9 nitrogen and oxygen atoms in total. The normalized spacial score (nSPS) is 13.7. The lowest BCUT2D eigenvalue weighted by Crippen LogP contribution is -2.36. The summed E-state index contributed by atoms with van der Waals surface area (Å²) in [7, 11) is 0. The lowest BCUT2D eigenvalue weighted by molar-refractivity contribution is -0.137. The van der Waals surface area contributed by atoms with E-state index in [2.05, 4.69) is 30.9 Å². The molecule has 1 aliphatic heterocycles. The molecular formula is C22H18F3N7O2. The van der Waals surface area contributed by atoms with Crippen LogP contribution in [0.5, 0.6) is 0 Å². The first-order valence-electron chi connectivity index (χ1n) is 10.4. The van der Waals surface area contributed by atoms with Crippen LogP contribution in [-0.4, -0.2) is 48.9 Å². The molecular weight excluding hydrogens is 451 g/mol. The molecule has 2 amide bonds. The summed E-state index contributed by atoms with van der Waals surface area (Å²) in [5.41, 5.74) is 3.21. The summed E-state index contributed by atoms with van der Waals surface area (Å²) >= 11 is 0. The SMILES string of the molecule is O=C(NCc1ccc(C(F)(F)F)cc1)c1[nH]nc2c1CCN(C(=O)c1ccc3[nH]nnc3c1)C2. The fourth-order valence-electron chi connectivity index (χ4n) is 3.91. The molecule has 0 saturated carbocycles. The minimum atomic E-state index is -4.41. The molecule has 34 heavy (non-hydrogen) atoms. The number of fused-ring (bicyclic) bond motifs is 2. The zero-order valence-corrected chi connectivity index (χ0v) is 17.6. The molecule has 12 heteroatoms. The topological polar surface area (TPSA) is 120 Å². The Morgan fingerprint density at radius 2 is 1.88 bits per heavy atom. The average molecular weight is 469 g/mol. The molecule has 3 N–H and O–H groups in total. The standard InChI is InChI=1S/C22H18F3N7O2/c23-22(24,25)14-4-1-12(2-5-14)10-26-20(33)19-15-7-8-32(11-18(15)27-30-19)21(34)13-3-6-16-17(9-13)29-31-28-16/h1-6,9H,7-8,10-11H2,(H,26,33)(H,27,30)(H,28,29,31). The molecule has 4 aromatic rings. The summed E-state index contributed by atoms with van der Waals surface area (Å²) in [5.74, 6) is -0.586. The summed E-state index contributed by atoms with van der Waals surface area (Å²) in [6.45, 7) is 0.717. The monoisotopic (exact) mass is 469 g/mol. The molecule has 0 bridgehead atoms. The van der Waals surface area contributed by atoms with E-state index >= 15 is 0 Å². The Labute approximate surface area is 190 Å². The largest absolute Gasteiger partial charge is 0.416 e. The van der Waals surface area contributed by atoms with Crippen molar-refractivity contribution in [2.24, 2.45) is 0 Å². The number of halogens is 3. The summed E-state index contributed by atoms with van der Waals surface area (Å²) in [4.78, 5) is 27.2. The van der Waals surface area contributed by atoms with Crippen molar-refractivity contribution in [3.8, 4) is 0 Å². The van der Waals surface area contributed by atoms with Crippen LogP contribution >= 0.6 is 0 Å². The fraction of sp³-hybridized carbons (Fsp3) is 0.227. The van der Waals surface area contributed by atoms with Crippen molar-refractivity contribution in [2.45, 2.75) is 25.7 Å². The third-order valence-corrected chi connectivity index (χ3v) is 5.75. The molecule has 5 rings (SSSR count). The van der Waals surface area contributed by atoms with E-state index in [1.54, 1.807) is 23.1 Å². The number of carbonyl (C=O) groups excluding carboxylic acids is 2. The van der Waals surface area contributed by atoms with Gasteiger partial charge in [0.05, 0.1) is 23.3 Å². The van der Waals surface area contributed by atoms with E-state index in [0.717, 1.165) is 23.2 Å². The number of nitrogens with one attached hydrogen (secondary N) is 3. The maximum absolute atomic E-state index is 12.9. The van der Waals surface area contributed by atoms with Crippen LogP contribution in [0.15, 0.2) is 42.5 Å². The van der Waals surface area contributed by atoms with Crippen molar-refractivity contribution in [3.63, 3.8) is 0 Å². The minimum Gasteiger partial charge on any atom is -0.347 e. The Morgan fingerprint density at radius 3 is 2.65 bits per heavy atom. The van der Waals surface area contributed by atoms with Gasteiger partial charge in [0.2, 0.25) is 0 Å². The molecule has 1 aliphatic rings. The highest BCUT2D eigenvalue weighted by atomic mass is 19.4. The second-order valence-electron chi connectivity index (χ2n) is 7.92. The van der Waals surface area contributed by atoms with Gasteiger partial charge in [-0.05, 0) is 42.3 Å². The van der Waals surface area contributed by atoms with Crippen LogP contribution in [0.4, 0.5) is 13.2 Å². The van der Waals surface area contributed by atoms with Gasteiger partial charge in [-0.3, -0.25) is 19.8 Å². The van der Waals surface area contributed by atoms with E-state index in [-0.39, 0.29) is 24.7 Å². The summed E-state index contributed by atoms with van der Waals surface area (Å²) in [5, 5.41) is 20.0. The lowest BCUT2D eigenvalue weighted by Gasteiger charge is -2.26. The van der Waals surface area contributed by atoms with Crippen molar-refractivity contribution in [1.82, 2.24) is 35.8 Å². The van der Waals surface area contributed by atoms with Gasteiger partial charge in [-0.1, -0.05) is 17.3 Å². The number of alkyl halides is 3. The van der Waals surface area contributed by atoms with Gasteiger partial charge in [0.15, 0.2) is 0 Å². The number of rotatable bonds is 4. The smallest absolute Gasteiger partial charge is 0.347 e. The lowest BCUT2D eigenvalue weighted by atomic mass is 10.0. The number of aromatic nitrogens is 5. The van der Waals surface area contributed by atoms with Gasteiger partial charge in [-0.2, -0.15) is 18.3 Å². The first-order valence-corrected chi connectivity index (χ1v) is 10.4. The molecule has 2 aromatic carbocycles. The van der Waals surface area contributed by atoms with Crippen LogP contribution in [-0.2, 0) is 25.7 Å². The number of hydrogen-bond acceptors (Lipinski definition) is 5. The molecule has 3 heterocycles. The second kappa shape index (κ2) is 8.28.